The van der Waals surface area contributed by atoms with Crippen LogP contribution in [-0.2, 0) is 14.3 Å². The molecule has 0 aliphatic carbocycles. The molecule has 4 heteroatoms. The maximum absolute atomic E-state index is 10.7. The van der Waals surface area contributed by atoms with Gasteiger partial charge in [-0.1, -0.05) is 13.8 Å². The molecule has 1 N–H and O–H groups in total. The lowest BCUT2D eigenvalue weighted by Gasteiger charge is -2.14. The first-order valence-corrected chi connectivity index (χ1v) is 4.14. The molecule has 0 saturated heterocycles. The molecule has 1 unspecified atom stereocenters. The van der Waals surface area contributed by atoms with E-state index in [1.807, 2.05) is 13.8 Å². The quantitative estimate of drug-likeness (QED) is 0.308. The Bertz CT molecular complexity index is 186. The minimum atomic E-state index is -0.851. The maximum atomic E-state index is 10.7. The third-order valence-corrected chi connectivity index (χ3v) is 1.17. The molecule has 4 nitrogen and oxygen atoms in total. The molecule has 0 radical (unpaired) electrons. The standard InChI is InChI=1S/C9H16O4/c1-6(2)5-12-8(4)13-9(11)7(3)10/h6,8,10H,3,5H2,1-2,4H3. The van der Waals surface area contributed by atoms with Crippen LogP contribution in [0.5, 0.6) is 0 Å². The van der Waals surface area contributed by atoms with Crippen LogP contribution >= 0.6 is 0 Å². The Balaban J connectivity index is 3.68. The van der Waals surface area contributed by atoms with Gasteiger partial charge in [-0.25, -0.2) is 4.79 Å². The molecule has 0 aliphatic heterocycles. The lowest BCUT2D eigenvalue weighted by atomic mass is 10.2. The fourth-order valence-corrected chi connectivity index (χ4v) is 0.581. The number of aliphatic hydroxyl groups is 1. The number of aliphatic hydroxyl groups excluding tert-OH is 1. The van der Waals surface area contributed by atoms with Gasteiger partial charge in [0.15, 0.2) is 5.76 Å². The molecule has 1 atom stereocenters. The summed E-state index contributed by atoms with van der Waals surface area (Å²) >= 11 is 0. The number of hydrogen-bond donors (Lipinski definition) is 1. The van der Waals surface area contributed by atoms with Crippen LogP contribution in [0.25, 0.3) is 0 Å². The van der Waals surface area contributed by atoms with Gasteiger partial charge >= 0.3 is 5.97 Å². The van der Waals surface area contributed by atoms with Crippen LogP contribution in [-0.4, -0.2) is 24.0 Å². The highest BCUT2D eigenvalue weighted by atomic mass is 16.7. The average Bonchev–Trinajstić information content (AvgIpc) is 2.00. The van der Waals surface area contributed by atoms with E-state index in [-0.39, 0.29) is 0 Å². The van der Waals surface area contributed by atoms with E-state index in [0.29, 0.717) is 12.5 Å². The normalized spacial score (nSPS) is 12.6. The third-order valence-electron chi connectivity index (χ3n) is 1.17. The summed E-state index contributed by atoms with van der Waals surface area (Å²) in [6.45, 7) is 9.09. The molecular formula is C9H16O4. The largest absolute Gasteiger partial charge is 0.502 e. The van der Waals surface area contributed by atoms with Crippen molar-refractivity contribution in [1.29, 1.82) is 0 Å². The van der Waals surface area contributed by atoms with E-state index in [0.717, 1.165) is 0 Å². The van der Waals surface area contributed by atoms with Crippen LogP contribution < -0.4 is 0 Å². The fourth-order valence-electron chi connectivity index (χ4n) is 0.581. The number of rotatable bonds is 5. The smallest absolute Gasteiger partial charge is 0.375 e. The lowest BCUT2D eigenvalue weighted by molar-refractivity contribution is -0.174. The summed E-state index contributed by atoms with van der Waals surface area (Å²) in [4.78, 5) is 10.7. The predicted octanol–water partition coefficient (Wildman–Crippen LogP) is 1.62. The number of esters is 1. The van der Waals surface area contributed by atoms with E-state index in [9.17, 15) is 4.79 Å². The first kappa shape index (κ1) is 12.0. The van der Waals surface area contributed by atoms with Gasteiger partial charge in [-0.2, -0.15) is 0 Å². The molecule has 0 heterocycles. The Morgan fingerprint density at radius 1 is 1.46 bits per heavy atom. The Labute approximate surface area is 78.2 Å². The van der Waals surface area contributed by atoms with E-state index in [4.69, 9.17) is 9.84 Å². The topological polar surface area (TPSA) is 55.8 Å². The maximum Gasteiger partial charge on any atom is 0.375 e. The molecule has 0 bridgehead atoms. The van der Waals surface area contributed by atoms with Crippen molar-refractivity contribution in [3.05, 3.63) is 12.3 Å². The number of carbonyl (C=O) groups is 1. The summed E-state index contributed by atoms with van der Waals surface area (Å²) in [5.74, 6) is -1.09. The minimum Gasteiger partial charge on any atom is -0.502 e. The molecule has 0 amide bonds. The van der Waals surface area contributed by atoms with E-state index in [1.165, 1.54) is 0 Å². The summed E-state index contributed by atoms with van der Waals surface area (Å²) < 4.78 is 9.78. The van der Waals surface area contributed by atoms with Crippen LogP contribution in [0.3, 0.4) is 0 Å². The highest BCUT2D eigenvalue weighted by molar-refractivity contribution is 5.84. The predicted molar refractivity (Wildman–Crippen MR) is 48.1 cm³/mol. The summed E-state index contributed by atoms with van der Waals surface area (Å²) in [5, 5.41) is 8.62. The zero-order valence-corrected chi connectivity index (χ0v) is 8.24. The van der Waals surface area contributed by atoms with Crippen molar-refractivity contribution in [2.24, 2.45) is 5.92 Å². The first-order valence-electron chi connectivity index (χ1n) is 4.14. The SMILES string of the molecule is C=C(O)C(=O)OC(C)OCC(C)C. The average molecular weight is 188 g/mol. The summed E-state index contributed by atoms with van der Waals surface area (Å²) in [6, 6.07) is 0. The second-order valence-corrected chi connectivity index (χ2v) is 3.15. The molecule has 76 valence electrons. The molecule has 0 saturated carbocycles. The molecule has 0 aromatic heterocycles. The van der Waals surface area contributed by atoms with Crippen molar-refractivity contribution >= 4 is 5.97 Å². The van der Waals surface area contributed by atoms with Crippen molar-refractivity contribution in [1.82, 2.24) is 0 Å². The van der Waals surface area contributed by atoms with Crippen LogP contribution in [0, 0.1) is 5.92 Å². The second kappa shape index (κ2) is 5.59. The molecular weight excluding hydrogens is 172 g/mol. The highest BCUT2D eigenvalue weighted by Crippen LogP contribution is 2.01. The van der Waals surface area contributed by atoms with Gasteiger partial charge in [0.05, 0.1) is 6.61 Å². The van der Waals surface area contributed by atoms with E-state index >= 15 is 0 Å². The second-order valence-electron chi connectivity index (χ2n) is 3.15. The fraction of sp³-hybridized carbons (Fsp3) is 0.667. The molecule has 0 aromatic rings. The lowest BCUT2D eigenvalue weighted by Crippen LogP contribution is -2.20. The van der Waals surface area contributed by atoms with Gasteiger partial charge in [0.2, 0.25) is 6.29 Å². The first-order chi connectivity index (χ1) is 5.93. The van der Waals surface area contributed by atoms with Crippen molar-refractivity contribution in [2.45, 2.75) is 27.1 Å². The van der Waals surface area contributed by atoms with Gasteiger partial charge in [0.25, 0.3) is 0 Å². The van der Waals surface area contributed by atoms with Crippen molar-refractivity contribution in [3.8, 4) is 0 Å². The number of hydrogen-bond acceptors (Lipinski definition) is 4. The van der Waals surface area contributed by atoms with Crippen LogP contribution in [0.15, 0.2) is 12.3 Å². The van der Waals surface area contributed by atoms with Crippen molar-refractivity contribution in [3.63, 3.8) is 0 Å². The van der Waals surface area contributed by atoms with Crippen molar-refractivity contribution in [2.75, 3.05) is 6.61 Å². The molecule has 0 fully saturated rings. The minimum absolute atomic E-state index is 0.374. The summed E-state index contributed by atoms with van der Waals surface area (Å²) in [5.41, 5.74) is 0. The van der Waals surface area contributed by atoms with Gasteiger partial charge in [-0.15, -0.1) is 0 Å². The monoisotopic (exact) mass is 188 g/mol. The molecule has 0 aliphatic rings. The zero-order valence-electron chi connectivity index (χ0n) is 8.24. The Hall–Kier alpha value is -1.03. The Morgan fingerprint density at radius 2 is 2.00 bits per heavy atom. The summed E-state index contributed by atoms with van der Waals surface area (Å²) in [7, 11) is 0. The highest BCUT2D eigenvalue weighted by Gasteiger charge is 2.12. The van der Waals surface area contributed by atoms with Gasteiger partial charge < -0.3 is 14.6 Å². The Kier molecular flexibility index (Phi) is 5.14. The van der Waals surface area contributed by atoms with Crippen LogP contribution in [0.4, 0.5) is 0 Å². The van der Waals surface area contributed by atoms with E-state index in [2.05, 4.69) is 11.3 Å². The van der Waals surface area contributed by atoms with Gasteiger partial charge in [-0.3, -0.25) is 0 Å². The molecule has 0 aromatic carbocycles. The van der Waals surface area contributed by atoms with E-state index in [1.54, 1.807) is 6.92 Å². The summed E-state index contributed by atoms with van der Waals surface area (Å²) in [6.07, 6.45) is -0.654. The molecule has 0 spiro atoms. The van der Waals surface area contributed by atoms with Gasteiger partial charge in [0, 0.05) is 0 Å². The molecule has 0 rings (SSSR count). The Morgan fingerprint density at radius 3 is 2.38 bits per heavy atom. The van der Waals surface area contributed by atoms with Crippen molar-refractivity contribution < 1.29 is 19.4 Å². The number of carbonyl (C=O) groups excluding carboxylic acids is 1. The zero-order chi connectivity index (χ0) is 10.4. The van der Waals surface area contributed by atoms with Gasteiger partial charge in [-0.05, 0) is 19.4 Å². The van der Waals surface area contributed by atoms with Gasteiger partial charge in [0.1, 0.15) is 0 Å². The van der Waals surface area contributed by atoms with Crippen LogP contribution in [0.1, 0.15) is 20.8 Å². The van der Waals surface area contributed by atoms with E-state index < -0.39 is 18.0 Å². The van der Waals surface area contributed by atoms with Crippen LogP contribution in [0.2, 0.25) is 0 Å². The molecule has 13 heavy (non-hydrogen) atoms. The number of ether oxygens (including phenoxy) is 2. The third kappa shape index (κ3) is 6.16.